The molecule has 0 spiro atoms. The maximum Gasteiger partial charge on any atom is 0.0247 e. The molecule has 0 radical (unpaired) electrons. The molecule has 0 aliphatic carbocycles. The lowest BCUT2D eigenvalue weighted by Gasteiger charge is -2.27. The van der Waals surface area contributed by atoms with Crippen molar-refractivity contribution >= 4 is 0 Å². The Morgan fingerprint density at radius 1 is 1.40 bits per heavy atom. The molecule has 0 aromatic carbocycles. The molecule has 0 saturated carbocycles. The van der Waals surface area contributed by atoms with Crippen molar-refractivity contribution in [3.63, 3.8) is 0 Å². The van der Waals surface area contributed by atoms with Crippen molar-refractivity contribution in [2.45, 2.75) is 40.2 Å². The van der Waals surface area contributed by atoms with Crippen molar-refractivity contribution in [3.8, 4) is 0 Å². The van der Waals surface area contributed by atoms with Crippen LogP contribution in [0.2, 0.25) is 0 Å². The van der Waals surface area contributed by atoms with E-state index in [1.165, 1.54) is 11.4 Å². The molecule has 1 aromatic heterocycles. The highest BCUT2D eigenvalue weighted by atomic mass is 15.0. The highest BCUT2D eigenvalue weighted by Gasteiger charge is 2.23. The van der Waals surface area contributed by atoms with Gasteiger partial charge in [0.15, 0.2) is 0 Å². The van der Waals surface area contributed by atoms with E-state index in [-0.39, 0.29) is 0 Å². The highest BCUT2D eigenvalue weighted by molar-refractivity contribution is 5.32. The van der Waals surface area contributed by atoms with E-state index in [0.717, 1.165) is 31.5 Å². The Hall–Kier alpha value is -0.760. The van der Waals surface area contributed by atoms with Gasteiger partial charge in [0.1, 0.15) is 0 Å². The van der Waals surface area contributed by atoms with Crippen LogP contribution in [0.4, 0.5) is 0 Å². The summed E-state index contributed by atoms with van der Waals surface area (Å²) in [6.45, 7) is 12.5. The number of aryl methyl sites for hydroxylation is 1. The molecule has 2 heterocycles. The average Bonchev–Trinajstić information content (AvgIpc) is 2.30. The first-order valence-electron chi connectivity index (χ1n) is 5.97. The van der Waals surface area contributed by atoms with Crippen LogP contribution in [0.25, 0.3) is 0 Å². The predicted molar refractivity (Wildman–Crippen MR) is 64.4 cm³/mol. The van der Waals surface area contributed by atoms with Crippen molar-refractivity contribution in [1.29, 1.82) is 0 Å². The van der Waals surface area contributed by atoms with E-state index in [2.05, 4.69) is 43.6 Å². The maximum absolute atomic E-state index is 3.35. The normalized spacial score (nSPS) is 17.1. The van der Waals surface area contributed by atoms with E-state index in [4.69, 9.17) is 0 Å². The Balaban J connectivity index is 2.26. The van der Waals surface area contributed by atoms with Gasteiger partial charge in [-0.3, -0.25) is 0 Å². The third-order valence-electron chi connectivity index (χ3n) is 3.38. The van der Waals surface area contributed by atoms with Crippen molar-refractivity contribution in [1.82, 2.24) is 9.88 Å². The lowest BCUT2D eigenvalue weighted by Crippen LogP contribution is -2.40. The Labute approximate surface area is 92.7 Å². The highest BCUT2D eigenvalue weighted by Crippen LogP contribution is 2.26. The number of aromatic nitrogens is 1. The van der Waals surface area contributed by atoms with Crippen LogP contribution in [-0.4, -0.2) is 17.7 Å². The van der Waals surface area contributed by atoms with E-state index < -0.39 is 0 Å². The largest absolute Gasteiger partial charge is 0.349 e. The molecule has 0 bridgehead atoms. The summed E-state index contributed by atoms with van der Waals surface area (Å²) in [6, 6.07) is 2.38. The predicted octanol–water partition coefficient (Wildman–Crippen LogP) is 2.45. The zero-order valence-electron chi connectivity index (χ0n) is 10.3. The van der Waals surface area contributed by atoms with Gasteiger partial charge in [0.2, 0.25) is 0 Å². The third kappa shape index (κ3) is 1.96. The summed E-state index contributed by atoms with van der Waals surface area (Å²) < 4.78 is 2.47. The summed E-state index contributed by atoms with van der Waals surface area (Å²) in [7, 11) is 0. The molecular weight excluding hydrogens is 184 g/mol. The SMILES string of the molecule is Cc1cc(C2CNC2)c(C)n1CC(C)C. The van der Waals surface area contributed by atoms with Gasteiger partial charge >= 0.3 is 0 Å². The van der Waals surface area contributed by atoms with Gasteiger partial charge in [0.25, 0.3) is 0 Å². The molecule has 0 atom stereocenters. The van der Waals surface area contributed by atoms with E-state index in [1.807, 2.05) is 0 Å². The smallest absolute Gasteiger partial charge is 0.0247 e. The molecule has 0 amide bonds. The molecule has 2 rings (SSSR count). The molecule has 1 fully saturated rings. The van der Waals surface area contributed by atoms with E-state index >= 15 is 0 Å². The van der Waals surface area contributed by atoms with E-state index in [9.17, 15) is 0 Å². The van der Waals surface area contributed by atoms with Gasteiger partial charge < -0.3 is 9.88 Å². The van der Waals surface area contributed by atoms with Gasteiger partial charge in [0.05, 0.1) is 0 Å². The van der Waals surface area contributed by atoms with Crippen LogP contribution >= 0.6 is 0 Å². The summed E-state index contributed by atoms with van der Waals surface area (Å²) in [4.78, 5) is 0. The molecule has 1 aliphatic rings. The summed E-state index contributed by atoms with van der Waals surface area (Å²) in [5.41, 5.74) is 4.46. The van der Waals surface area contributed by atoms with Gasteiger partial charge in [-0.2, -0.15) is 0 Å². The number of nitrogens with zero attached hydrogens (tertiary/aromatic N) is 1. The summed E-state index contributed by atoms with van der Waals surface area (Å²) in [6.07, 6.45) is 0. The van der Waals surface area contributed by atoms with Crippen molar-refractivity contribution < 1.29 is 0 Å². The lowest BCUT2D eigenvalue weighted by molar-refractivity contribution is 0.443. The fourth-order valence-corrected chi connectivity index (χ4v) is 2.40. The van der Waals surface area contributed by atoms with E-state index in [0.29, 0.717) is 0 Å². The first kappa shape index (κ1) is 10.7. The topological polar surface area (TPSA) is 17.0 Å². The maximum atomic E-state index is 3.35. The van der Waals surface area contributed by atoms with Crippen LogP contribution in [0.15, 0.2) is 6.07 Å². The number of rotatable bonds is 3. The standard InChI is InChI=1S/C13H22N2/c1-9(2)8-15-10(3)5-13(11(15)4)12-6-14-7-12/h5,9,12,14H,6-8H2,1-4H3. The van der Waals surface area contributed by atoms with Gasteiger partial charge in [0, 0.05) is 36.9 Å². The van der Waals surface area contributed by atoms with Gasteiger partial charge in [-0.25, -0.2) is 0 Å². The number of nitrogens with one attached hydrogen (secondary N) is 1. The Morgan fingerprint density at radius 3 is 2.53 bits per heavy atom. The third-order valence-corrected chi connectivity index (χ3v) is 3.38. The second-order valence-corrected chi connectivity index (χ2v) is 5.19. The Morgan fingerprint density at radius 2 is 2.07 bits per heavy atom. The first-order chi connectivity index (χ1) is 7.09. The molecule has 0 unspecified atom stereocenters. The molecule has 2 nitrogen and oxygen atoms in total. The fraction of sp³-hybridized carbons (Fsp3) is 0.692. The fourth-order valence-electron chi connectivity index (χ4n) is 2.40. The monoisotopic (exact) mass is 206 g/mol. The molecule has 1 aromatic rings. The average molecular weight is 206 g/mol. The molecule has 1 aliphatic heterocycles. The van der Waals surface area contributed by atoms with Crippen molar-refractivity contribution in [2.75, 3.05) is 13.1 Å². The lowest BCUT2D eigenvalue weighted by atomic mass is 9.94. The van der Waals surface area contributed by atoms with Crippen LogP contribution in [0.5, 0.6) is 0 Å². The zero-order valence-corrected chi connectivity index (χ0v) is 10.3. The van der Waals surface area contributed by atoms with Crippen molar-refractivity contribution in [2.24, 2.45) is 5.92 Å². The van der Waals surface area contributed by atoms with Crippen LogP contribution in [0.1, 0.15) is 36.7 Å². The molecule has 1 N–H and O–H groups in total. The van der Waals surface area contributed by atoms with Crippen LogP contribution in [0.3, 0.4) is 0 Å². The number of hydrogen-bond donors (Lipinski definition) is 1. The molecule has 15 heavy (non-hydrogen) atoms. The molecular formula is C13H22N2. The minimum atomic E-state index is 0.724. The second-order valence-electron chi connectivity index (χ2n) is 5.19. The second kappa shape index (κ2) is 4.01. The zero-order chi connectivity index (χ0) is 11.0. The number of hydrogen-bond acceptors (Lipinski definition) is 1. The molecule has 84 valence electrons. The summed E-state index contributed by atoms with van der Waals surface area (Å²) >= 11 is 0. The Bertz CT molecular complexity index is 346. The minimum Gasteiger partial charge on any atom is -0.349 e. The molecule has 2 heteroatoms. The van der Waals surface area contributed by atoms with Crippen LogP contribution < -0.4 is 5.32 Å². The Kier molecular flexibility index (Phi) is 2.87. The summed E-state index contributed by atoms with van der Waals surface area (Å²) in [5.74, 6) is 1.49. The van der Waals surface area contributed by atoms with Crippen LogP contribution in [-0.2, 0) is 6.54 Å². The van der Waals surface area contributed by atoms with Crippen molar-refractivity contribution in [3.05, 3.63) is 23.0 Å². The van der Waals surface area contributed by atoms with Gasteiger partial charge in [-0.05, 0) is 31.4 Å². The van der Waals surface area contributed by atoms with E-state index in [1.54, 1.807) is 5.56 Å². The molecule has 1 saturated heterocycles. The first-order valence-corrected chi connectivity index (χ1v) is 5.97. The quantitative estimate of drug-likeness (QED) is 0.804. The van der Waals surface area contributed by atoms with Gasteiger partial charge in [-0.1, -0.05) is 13.8 Å². The summed E-state index contributed by atoms with van der Waals surface area (Å²) in [5, 5.41) is 3.35. The van der Waals surface area contributed by atoms with Gasteiger partial charge in [-0.15, -0.1) is 0 Å². The minimum absolute atomic E-state index is 0.724. The van der Waals surface area contributed by atoms with Crippen LogP contribution in [0, 0.1) is 19.8 Å².